The number of nitrogens with zero attached hydrogens (tertiary/aromatic N) is 2. The van der Waals surface area contributed by atoms with Gasteiger partial charge in [-0.15, -0.1) is 0 Å². The van der Waals surface area contributed by atoms with E-state index in [4.69, 9.17) is 0 Å². The molecule has 1 aliphatic carbocycles. The molecule has 2 rings (SSSR count). The van der Waals surface area contributed by atoms with E-state index in [0.29, 0.717) is 22.5 Å². The Labute approximate surface area is 97.4 Å². The molecule has 0 radical (unpaired) electrons. The van der Waals surface area contributed by atoms with Gasteiger partial charge in [-0.1, -0.05) is 25.7 Å². The van der Waals surface area contributed by atoms with E-state index in [1.54, 1.807) is 6.20 Å². The zero-order valence-electron chi connectivity index (χ0n) is 8.45. The Morgan fingerprint density at radius 3 is 2.87 bits per heavy atom. The molecule has 0 amide bonds. The fraction of sp³-hybridized carbons (Fsp3) is 0.545. The van der Waals surface area contributed by atoms with Crippen LogP contribution in [0.3, 0.4) is 0 Å². The lowest BCUT2D eigenvalue weighted by atomic mass is 10.00. The summed E-state index contributed by atoms with van der Waals surface area (Å²) < 4.78 is 0.702. The van der Waals surface area contributed by atoms with Gasteiger partial charge in [0, 0.05) is 12.6 Å². The van der Waals surface area contributed by atoms with E-state index >= 15 is 0 Å². The summed E-state index contributed by atoms with van der Waals surface area (Å²) in [6.07, 6.45) is 8.59. The number of rotatable bonds is 3. The number of ketones is 1. The molecule has 0 N–H and O–H groups in total. The molecule has 1 saturated carbocycles. The zero-order chi connectivity index (χ0) is 10.7. The molecule has 0 aromatic carbocycles. The number of aromatic nitrogens is 2. The van der Waals surface area contributed by atoms with Crippen molar-refractivity contribution in [3.05, 3.63) is 22.7 Å². The van der Waals surface area contributed by atoms with Crippen molar-refractivity contribution in [2.75, 3.05) is 0 Å². The first-order chi connectivity index (χ1) is 7.27. The van der Waals surface area contributed by atoms with Gasteiger partial charge in [-0.3, -0.25) is 4.79 Å². The van der Waals surface area contributed by atoms with Crippen molar-refractivity contribution in [1.29, 1.82) is 0 Å². The molecule has 0 spiro atoms. The molecule has 0 bridgehead atoms. The summed E-state index contributed by atoms with van der Waals surface area (Å²) in [6.45, 7) is 0. The number of carbonyl (C=O) groups excluding carboxylic acids is 1. The zero-order valence-corrected chi connectivity index (χ0v) is 10.0. The molecule has 0 aliphatic heterocycles. The summed E-state index contributed by atoms with van der Waals surface area (Å²) in [7, 11) is 0. The summed E-state index contributed by atoms with van der Waals surface area (Å²) in [5.74, 6) is 0.704. The molecule has 0 saturated heterocycles. The molecule has 0 unspecified atom stereocenters. The standard InChI is InChI=1S/C11H13BrN2O/c12-9-6-13-7-14-11(9)10(15)5-8-3-1-2-4-8/h6-8H,1-5H2. The summed E-state index contributed by atoms with van der Waals surface area (Å²) in [5, 5.41) is 0. The van der Waals surface area contributed by atoms with E-state index in [0.717, 1.165) is 0 Å². The molecule has 4 heteroatoms. The Morgan fingerprint density at radius 1 is 1.47 bits per heavy atom. The quantitative estimate of drug-likeness (QED) is 0.792. The summed E-state index contributed by atoms with van der Waals surface area (Å²) in [6, 6.07) is 0. The van der Waals surface area contributed by atoms with Gasteiger partial charge in [-0.2, -0.15) is 0 Å². The number of Topliss-reactive ketones (excluding diaryl/α,β-unsaturated/α-hetero) is 1. The van der Waals surface area contributed by atoms with Crippen molar-refractivity contribution in [2.24, 2.45) is 5.92 Å². The van der Waals surface area contributed by atoms with Crippen LogP contribution in [0.2, 0.25) is 0 Å². The van der Waals surface area contributed by atoms with Crippen molar-refractivity contribution < 1.29 is 4.79 Å². The normalized spacial score (nSPS) is 16.9. The number of hydrogen-bond donors (Lipinski definition) is 0. The molecule has 1 aliphatic rings. The van der Waals surface area contributed by atoms with Gasteiger partial charge in [0.05, 0.1) is 4.47 Å². The maximum atomic E-state index is 11.9. The van der Waals surface area contributed by atoms with E-state index in [9.17, 15) is 4.79 Å². The molecule has 3 nitrogen and oxygen atoms in total. The molecular formula is C11H13BrN2O. The minimum Gasteiger partial charge on any atom is -0.292 e. The minimum absolute atomic E-state index is 0.135. The van der Waals surface area contributed by atoms with Crippen molar-refractivity contribution in [3.8, 4) is 0 Å². The molecular weight excluding hydrogens is 256 g/mol. The van der Waals surface area contributed by atoms with Crippen LogP contribution in [0.15, 0.2) is 17.0 Å². The van der Waals surface area contributed by atoms with Crippen molar-refractivity contribution in [1.82, 2.24) is 9.97 Å². The predicted octanol–water partition coefficient (Wildman–Crippen LogP) is 3.00. The van der Waals surface area contributed by atoms with Gasteiger partial charge < -0.3 is 0 Å². The minimum atomic E-state index is 0.135. The molecule has 1 aromatic rings. The second kappa shape index (κ2) is 4.84. The lowest BCUT2D eigenvalue weighted by Gasteiger charge is -2.07. The van der Waals surface area contributed by atoms with Crippen LogP contribution in [0, 0.1) is 5.92 Å². The molecule has 80 valence electrons. The van der Waals surface area contributed by atoms with Gasteiger partial charge in [0.1, 0.15) is 12.0 Å². The first-order valence-electron chi connectivity index (χ1n) is 5.26. The summed E-state index contributed by atoms with van der Waals surface area (Å²) in [5.41, 5.74) is 0.525. The van der Waals surface area contributed by atoms with Gasteiger partial charge in [0.25, 0.3) is 0 Å². The van der Waals surface area contributed by atoms with Gasteiger partial charge >= 0.3 is 0 Å². The number of hydrogen-bond acceptors (Lipinski definition) is 3. The number of carbonyl (C=O) groups is 1. The van der Waals surface area contributed by atoms with Crippen molar-refractivity contribution in [3.63, 3.8) is 0 Å². The van der Waals surface area contributed by atoms with Crippen LogP contribution in [0.25, 0.3) is 0 Å². The third kappa shape index (κ3) is 2.62. The fourth-order valence-electron chi connectivity index (χ4n) is 2.09. The molecule has 15 heavy (non-hydrogen) atoms. The highest BCUT2D eigenvalue weighted by atomic mass is 79.9. The highest BCUT2D eigenvalue weighted by Gasteiger charge is 2.21. The van der Waals surface area contributed by atoms with Crippen LogP contribution in [0.5, 0.6) is 0 Å². The summed E-state index contributed by atoms with van der Waals surface area (Å²) >= 11 is 3.30. The van der Waals surface area contributed by atoms with Gasteiger partial charge in [0.15, 0.2) is 5.78 Å². The van der Waals surface area contributed by atoms with Gasteiger partial charge in [-0.25, -0.2) is 9.97 Å². The second-order valence-electron chi connectivity index (χ2n) is 4.00. The Kier molecular flexibility index (Phi) is 3.46. The van der Waals surface area contributed by atoms with Gasteiger partial charge in [0.2, 0.25) is 0 Å². The van der Waals surface area contributed by atoms with Crippen LogP contribution < -0.4 is 0 Å². The van der Waals surface area contributed by atoms with E-state index in [-0.39, 0.29) is 5.78 Å². The van der Waals surface area contributed by atoms with E-state index < -0.39 is 0 Å². The first kappa shape index (κ1) is 10.7. The highest BCUT2D eigenvalue weighted by molar-refractivity contribution is 9.10. The average Bonchev–Trinajstić information content (AvgIpc) is 2.71. The van der Waals surface area contributed by atoms with Crippen molar-refractivity contribution in [2.45, 2.75) is 32.1 Å². The lowest BCUT2D eigenvalue weighted by molar-refractivity contribution is 0.0956. The van der Waals surface area contributed by atoms with Crippen LogP contribution in [-0.2, 0) is 0 Å². The van der Waals surface area contributed by atoms with E-state index in [1.165, 1.54) is 32.0 Å². The SMILES string of the molecule is O=C(CC1CCCC1)c1ncncc1Br. The monoisotopic (exact) mass is 268 g/mol. The maximum Gasteiger partial charge on any atom is 0.182 e. The largest absolute Gasteiger partial charge is 0.292 e. The molecule has 1 aromatic heterocycles. The lowest BCUT2D eigenvalue weighted by Crippen LogP contribution is -2.08. The Balaban J connectivity index is 2.04. The maximum absolute atomic E-state index is 11.9. The van der Waals surface area contributed by atoms with E-state index in [1.807, 2.05) is 0 Å². The Bertz CT molecular complexity index is 361. The Morgan fingerprint density at radius 2 is 2.20 bits per heavy atom. The van der Waals surface area contributed by atoms with Crippen LogP contribution in [0.4, 0.5) is 0 Å². The third-order valence-electron chi connectivity index (χ3n) is 2.88. The van der Waals surface area contributed by atoms with Crippen LogP contribution >= 0.6 is 15.9 Å². The molecule has 0 atom stereocenters. The van der Waals surface area contributed by atoms with Crippen LogP contribution in [-0.4, -0.2) is 15.8 Å². The smallest absolute Gasteiger partial charge is 0.182 e. The van der Waals surface area contributed by atoms with Gasteiger partial charge in [-0.05, 0) is 21.8 Å². The molecule has 1 fully saturated rings. The average molecular weight is 269 g/mol. The van der Waals surface area contributed by atoms with E-state index in [2.05, 4.69) is 25.9 Å². The topological polar surface area (TPSA) is 42.9 Å². The second-order valence-corrected chi connectivity index (χ2v) is 4.85. The third-order valence-corrected chi connectivity index (χ3v) is 3.46. The molecule has 1 heterocycles. The predicted molar refractivity (Wildman–Crippen MR) is 60.6 cm³/mol. The Hall–Kier alpha value is -0.770. The van der Waals surface area contributed by atoms with Crippen LogP contribution in [0.1, 0.15) is 42.6 Å². The van der Waals surface area contributed by atoms with Crippen molar-refractivity contribution >= 4 is 21.7 Å². The highest BCUT2D eigenvalue weighted by Crippen LogP contribution is 2.29. The fourth-order valence-corrected chi connectivity index (χ4v) is 2.53. The summed E-state index contributed by atoms with van der Waals surface area (Å²) in [4.78, 5) is 19.8. The number of halogens is 1. The first-order valence-corrected chi connectivity index (χ1v) is 6.05.